The van der Waals surface area contributed by atoms with E-state index in [1.54, 1.807) is 16.3 Å². The SMILES string of the molecule is CC(=O)c1csc(C(=O)N[C@H]2C[C@H](C)N(c3ccccc3)C2=O)c1. The number of Topliss-reactive ketones (excluding diaryl/α,β-unsaturated/α-hetero) is 1. The smallest absolute Gasteiger partial charge is 0.262 e. The molecule has 6 heteroatoms. The lowest BCUT2D eigenvalue weighted by atomic mass is 10.2. The molecule has 0 radical (unpaired) electrons. The highest BCUT2D eigenvalue weighted by molar-refractivity contribution is 7.12. The topological polar surface area (TPSA) is 66.5 Å². The Balaban J connectivity index is 1.73. The number of nitrogens with zero attached hydrogens (tertiary/aromatic N) is 1. The van der Waals surface area contributed by atoms with Crippen LogP contribution < -0.4 is 10.2 Å². The van der Waals surface area contributed by atoms with E-state index in [-0.39, 0.29) is 23.6 Å². The number of hydrogen-bond acceptors (Lipinski definition) is 4. The molecule has 24 heavy (non-hydrogen) atoms. The van der Waals surface area contributed by atoms with E-state index in [0.717, 1.165) is 5.69 Å². The summed E-state index contributed by atoms with van der Waals surface area (Å²) in [6, 6.07) is 10.5. The van der Waals surface area contributed by atoms with Gasteiger partial charge in [-0.1, -0.05) is 18.2 Å². The molecule has 1 aliphatic heterocycles. The van der Waals surface area contributed by atoms with Crippen molar-refractivity contribution >= 4 is 34.6 Å². The van der Waals surface area contributed by atoms with Crippen LogP contribution in [0.2, 0.25) is 0 Å². The van der Waals surface area contributed by atoms with E-state index in [1.807, 2.05) is 37.3 Å². The molecule has 124 valence electrons. The van der Waals surface area contributed by atoms with Gasteiger partial charge in [0.15, 0.2) is 5.78 Å². The van der Waals surface area contributed by atoms with Crippen molar-refractivity contribution in [2.45, 2.75) is 32.4 Å². The first-order valence-corrected chi connectivity index (χ1v) is 8.64. The molecule has 0 saturated carbocycles. The molecule has 5 nitrogen and oxygen atoms in total. The van der Waals surface area contributed by atoms with Crippen molar-refractivity contribution in [2.24, 2.45) is 0 Å². The first-order chi connectivity index (χ1) is 11.5. The molecule has 1 aromatic heterocycles. The van der Waals surface area contributed by atoms with Crippen molar-refractivity contribution in [3.8, 4) is 0 Å². The molecular formula is C18H18N2O3S. The number of carbonyl (C=O) groups is 3. The van der Waals surface area contributed by atoms with Crippen LogP contribution in [0.4, 0.5) is 5.69 Å². The van der Waals surface area contributed by atoms with Crippen LogP contribution in [0.1, 0.15) is 40.3 Å². The summed E-state index contributed by atoms with van der Waals surface area (Å²) < 4.78 is 0. The molecule has 0 bridgehead atoms. The fraction of sp³-hybridized carbons (Fsp3) is 0.278. The lowest BCUT2D eigenvalue weighted by Gasteiger charge is -2.21. The van der Waals surface area contributed by atoms with E-state index in [1.165, 1.54) is 18.3 Å². The van der Waals surface area contributed by atoms with Crippen LogP contribution in [-0.2, 0) is 4.79 Å². The van der Waals surface area contributed by atoms with Gasteiger partial charge in [0.05, 0.1) is 4.88 Å². The molecule has 0 aliphatic carbocycles. The van der Waals surface area contributed by atoms with Crippen molar-refractivity contribution < 1.29 is 14.4 Å². The van der Waals surface area contributed by atoms with Crippen LogP contribution in [-0.4, -0.2) is 29.7 Å². The number of ketones is 1. The third-order valence-electron chi connectivity index (χ3n) is 4.12. The summed E-state index contributed by atoms with van der Waals surface area (Å²) in [5, 5.41) is 4.46. The third kappa shape index (κ3) is 3.10. The third-order valence-corrected chi connectivity index (χ3v) is 5.05. The zero-order chi connectivity index (χ0) is 17.3. The van der Waals surface area contributed by atoms with Gasteiger partial charge in [0.2, 0.25) is 5.91 Å². The van der Waals surface area contributed by atoms with Gasteiger partial charge in [-0.05, 0) is 38.5 Å². The Hall–Kier alpha value is -2.47. The Morgan fingerprint density at radius 3 is 2.58 bits per heavy atom. The maximum absolute atomic E-state index is 12.7. The maximum atomic E-state index is 12.7. The van der Waals surface area contributed by atoms with Crippen LogP contribution in [0.5, 0.6) is 0 Å². The van der Waals surface area contributed by atoms with Gasteiger partial charge in [0.1, 0.15) is 6.04 Å². The summed E-state index contributed by atoms with van der Waals surface area (Å²) in [6.07, 6.45) is 0.560. The number of hydrogen-bond donors (Lipinski definition) is 1. The van der Waals surface area contributed by atoms with Gasteiger partial charge in [-0.15, -0.1) is 11.3 Å². The summed E-state index contributed by atoms with van der Waals surface area (Å²) >= 11 is 1.21. The first-order valence-electron chi connectivity index (χ1n) is 7.76. The fourth-order valence-electron chi connectivity index (χ4n) is 2.89. The number of thiophene rings is 1. The number of amides is 2. The number of para-hydroxylation sites is 1. The van der Waals surface area contributed by atoms with E-state index in [2.05, 4.69) is 5.32 Å². The van der Waals surface area contributed by atoms with Gasteiger partial charge in [-0.3, -0.25) is 14.4 Å². The molecule has 1 N–H and O–H groups in total. The van der Waals surface area contributed by atoms with Crippen molar-refractivity contribution in [1.29, 1.82) is 0 Å². The quantitative estimate of drug-likeness (QED) is 0.869. The standard InChI is InChI=1S/C18H18N2O3S/c1-11-8-15(18(23)20(11)14-6-4-3-5-7-14)19-17(22)16-9-13(10-24-16)12(2)21/h3-7,9-11,15H,8H2,1-2H3,(H,19,22)/t11-,15-/m0/s1. The number of carbonyl (C=O) groups excluding carboxylic acids is 3. The molecule has 1 aliphatic rings. The zero-order valence-corrected chi connectivity index (χ0v) is 14.3. The van der Waals surface area contributed by atoms with Gasteiger partial charge in [0.25, 0.3) is 5.91 Å². The molecule has 0 spiro atoms. The fourth-order valence-corrected chi connectivity index (χ4v) is 3.74. The highest BCUT2D eigenvalue weighted by Crippen LogP contribution is 2.27. The first kappa shape index (κ1) is 16.4. The van der Waals surface area contributed by atoms with E-state index in [9.17, 15) is 14.4 Å². The molecule has 1 fully saturated rings. The molecule has 3 rings (SSSR count). The number of rotatable bonds is 4. The van der Waals surface area contributed by atoms with Crippen LogP contribution >= 0.6 is 11.3 Å². The molecule has 1 aromatic carbocycles. The van der Waals surface area contributed by atoms with Crippen molar-refractivity contribution in [3.05, 3.63) is 52.2 Å². The van der Waals surface area contributed by atoms with Crippen LogP contribution in [0, 0.1) is 0 Å². The highest BCUT2D eigenvalue weighted by Gasteiger charge is 2.38. The Kier molecular flexibility index (Phi) is 4.49. The Morgan fingerprint density at radius 2 is 1.96 bits per heavy atom. The minimum absolute atomic E-state index is 0.0151. The Labute approximate surface area is 144 Å². The van der Waals surface area contributed by atoms with E-state index in [0.29, 0.717) is 16.9 Å². The number of anilines is 1. The second-order valence-corrected chi connectivity index (χ2v) is 6.82. The van der Waals surface area contributed by atoms with Crippen LogP contribution in [0.3, 0.4) is 0 Å². The molecular weight excluding hydrogens is 324 g/mol. The van der Waals surface area contributed by atoms with Crippen molar-refractivity contribution in [3.63, 3.8) is 0 Å². The predicted octanol–water partition coefficient (Wildman–Crippen LogP) is 2.87. The van der Waals surface area contributed by atoms with E-state index < -0.39 is 6.04 Å². The van der Waals surface area contributed by atoms with Gasteiger partial charge in [0, 0.05) is 22.7 Å². The summed E-state index contributed by atoms with van der Waals surface area (Å²) in [4.78, 5) is 38.5. The zero-order valence-electron chi connectivity index (χ0n) is 13.5. The molecule has 0 unspecified atom stereocenters. The summed E-state index contributed by atoms with van der Waals surface area (Å²) in [7, 11) is 0. The van der Waals surface area contributed by atoms with Crippen LogP contribution in [0.25, 0.3) is 0 Å². The average molecular weight is 342 g/mol. The van der Waals surface area contributed by atoms with Crippen molar-refractivity contribution in [2.75, 3.05) is 4.90 Å². The van der Waals surface area contributed by atoms with Gasteiger partial charge >= 0.3 is 0 Å². The maximum Gasteiger partial charge on any atom is 0.262 e. The van der Waals surface area contributed by atoms with Crippen molar-refractivity contribution in [1.82, 2.24) is 5.32 Å². The lowest BCUT2D eigenvalue weighted by Crippen LogP contribution is -2.41. The normalized spacial score (nSPS) is 20.2. The highest BCUT2D eigenvalue weighted by atomic mass is 32.1. The van der Waals surface area contributed by atoms with Gasteiger partial charge in [-0.25, -0.2) is 0 Å². The summed E-state index contributed by atoms with van der Waals surface area (Å²) in [5.74, 6) is -0.496. The second kappa shape index (κ2) is 6.57. The lowest BCUT2D eigenvalue weighted by molar-refractivity contribution is -0.118. The second-order valence-electron chi connectivity index (χ2n) is 5.91. The summed E-state index contributed by atoms with van der Waals surface area (Å²) in [5.41, 5.74) is 1.35. The molecule has 2 amide bonds. The molecule has 2 atom stereocenters. The number of nitrogens with one attached hydrogen (secondary N) is 1. The number of benzene rings is 1. The average Bonchev–Trinajstić information content (AvgIpc) is 3.14. The largest absolute Gasteiger partial charge is 0.339 e. The Bertz CT molecular complexity index is 785. The minimum atomic E-state index is -0.546. The van der Waals surface area contributed by atoms with Gasteiger partial charge in [-0.2, -0.15) is 0 Å². The minimum Gasteiger partial charge on any atom is -0.339 e. The molecule has 2 heterocycles. The molecule has 1 saturated heterocycles. The van der Waals surface area contributed by atoms with Crippen LogP contribution in [0.15, 0.2) is 41.8 Å². The molecule has 2 aromatic rings. The predicted molar refractivity (Wildman–Crippen MR) is 93.6 cm³/mol. The van der Waals surface area contributed by atoms with E-state index in [4.69, 9.17) is 0 Å². The summed E-state index contributed by atoms with van der Waals surface area (Å²) in [6.45, 7) is 3.43. The Morgan fingerprint density at radius 1 is 1.25 bits per heavy atom. The monoisotopic (exact) mass is 342 g/mol. The van der Waals surface area contributed by atoms with E-state index >= 15 is 0 Å². The van der Waals surface area contributed by atoms with Gasteiger partial charge < -0.3 is 10.2 Å².